The lowest BCUT2D eigenvalue weighted by Crippen LogP contribution is -2.30. The highest BCUT2D eigenvalue weighted by molar-refractivity contribution is 7.09. The van der Waals surface area contributed by atoms with Gasteiger partial charge in [-0.25, -0.2) is 4.98 Å². The van der Waals surface area contributed by atoms with Gasteiger partial charge >= 0.3 is 0 Å². The van der Waals surface area contributed by atoms with Crippen LogP contribution in [0.1, 0.15) is 32.0 Å². The van der Waals surface area contributed by atoms with Gasteiger partial charge in [0.15, 0.2) is 0 Å². The molecule has 0 aromatic carbocycles. The second-order valence-corrected chi connectivity index (χ2v) is 5.33. The number of anilines is 1. The van der Waals surface area contributed by atoms with E-state index in [1.165, 1.54) is 24.4 Å². The van der Waals surface area contributed by atoms with Gasteiger partial charge in [-0.3, -0.25) is 0 Å². The number of rotatable bonds is 4. The Bertz CT molecular complexity index is 364. The van der Waals surface area contributed by atoms with Gasteiger partial charge in [0.2, 0.25) is 5.13 Å². The monoisotopic (exact) mass is 239 g/mol. The first kappa shape index (κ1) is 10.5. The minimum Gasteiger partial charge on any atom is -0.376 e. The van der Waals surface area contributed by atoms with E-state index in [4.69, 9.17) is 4.74 Å². The molecule has 3 rings (SSSR count). The predicted molar refractivity (Wildman–Crippen MR) is 63.8 cm³/mol. The first-order chi connectivity index (χ1) is 7.86. The molecule has 1 aromatic rings. The molecule has 1 aliphatic carbocycles. The molecule has 2 heterocycles. The van der Waals surface area contributed by atoms with Crippen molar-refractivity contribution in [3.05, 3.63) is 5.82 Å². The molecule has 2 atom stereocenters. The average molecular weight is 239 g/mol. The smallest absolute Gasteiger partial charge is 0.202 e. The lowest BCUT2D eigenvalue weighted by Gasteiger charge is -2.18. The molecule has 1 saturated heterocycles. The summed E-state index contributed by atoms with van der Waals surface area (Å²) in [5, 5.41) is 4.44. The first-order valence-corrected chi connectivity index (χ1v) is 6.85. The molecule has 2 aliphatic rings. The second kappa shape index (κ2) is 4.30. The Kier molecular flexibility index (Phi) is 2.81. The molecule has 0 amide bonds. The average Bonchev–Trinajstić information content (AvgIpc) is 2.88. The van der Waals surface area contributed by atoms with Crippen molar-refractivity contribution in [1.29, 1.82) is 0 Å². The number of aromatic nitrogens is 2. The van der Waals surface area contributed by atoms with Crippen LogP contribution in [0.3, 0.4) is 0 Å². The lowest BCUT2D eigenvalue weighted by molar-refractivity contribution is 0.0898. The van der Waals surface area contributed by atoms with Crippen molar-refractivity contribution in [2.45, 2.75) is 44.8 Å². The van der Waals surface area contributed by atoms with E-state index in [9.17, 15) is 0 Å². The molecule has 5 heteroatoms. The normalized spacial score (nSPS) is 29.6. The summed E-state index contributed by atoms with van der Waals surface area (Å²) in [5.74, 6) is 1.73. The quantitative estimate of drug-likeness (QED) is 0.874. The minimum atomic E-state index is 0.411. The van der Waals surface area contributed by atoms with Gasteiger partial charge in [0, 0.05) is 24.6 Å². The number of hydrogen-bond acceptors (Lipinski definition) is 5. The Hall–Kier alpha value is -0.680. The fourth-order valence-corrected chi connectivity index (χ4v) is 2.98. The van der Waals surface area contributed by atoms with Crippen molar-refractivity contribution < 1.29 is 4.74 Å². The van der Waals surface area contributed by atoms with Crippen LogP contribution >= 0.6 is 11.5 Å². The summed E-state index contributed by atoms with van der Waals surface area (Å²) in [7, 11) is 0. The van der Waals surface area contributed by atoms with E-state index < -0.39 is 0 Å². The van der Waals surface area contributed by atoms with Gasteiger partial charge in [0.05, 0.1) is 12.1 Å². The number of hydrogen-bond donors (Lipinski definition) is 1. The van der Waals surface area contributed by atoms with Gasteiger partial charge in [-0.15, -0.1) is 0 Å². The van der Waals surface area contributed by atoms with Crippen molar-refractivity contribution in [2.24, 2.45) is 5.92 Å². The third kappa shape index (κ3) is 2.06. The van der Waals surface area contributed by atoms with Gasteiger partial charge < -0.3 is 10.1 Å². The summed E-state index contributed by atoms with van der Waals surface area (Å²) in [5.41, 5.74) is 0. The lowest BCUT2D eigenvalue weighted by atomic mass is 10.1. The maximum atomic E-state index is 5.79. The van der Waals surface area contributed by atoms with Crippen molar-refractivity contribution in [3.63, 3.8) is 0 Å². The maximum absolute atomic E-state index is 5.79. The summed E-state index contributed by atoms with van der Waals surface area (Å²) >= 11 is 1.47. The van der Waals surface area contributed by atoms with E-state index in [0.717, 1.165) is 36.3 Å². The molecule has 2 unspecified atom stereocenters. The van der Waals surface area contributed by atoms with Crippen LogP contribution in [0.2, 0.25) is 0 Å². The molecule has 0 spiro atoms. The van der Waals surface area contributed by atoms with Gasteiger partial charge in [0.25, 0.3) is 0 Å². The van der Waals surface area contributed by atoms with Crippen LogP contribution in [0.5, 0.6) is 0 Å². The van der Waals surface area contributed by atoms with E-state index in [0.29, 0.717) is 12.1 Å². The van der Waals surface area contributed by atoms with Crippen LogP contribution in [-0.2, 0) is 11.2 Å². The topological polar surface area (TPSA) is 47.0 Å². The summed E-state index contributed by atoms with van der Waals surface area (Å²) in [6.45, 7) is 2.97. The van der Waals surface area contributed by atoms with Crippen LogP contribution in [0.15, 0.2) is 0 Å². The summed E-state index contributed by atoms with van der Waals surface area (Å²) < 4.78 is 10.1. The van der Waals surface area contributed by atoms with Gasteiger partial charge in [0.1, 0.15) is 5.82 Å². The first-order valence-electron chi connectivity index (χ1n) is 6.07. The third-order valence-electron chi connectivity index (χ3n) is 3.32. The zero-order valence-corrected chi connectivity index (χ0v) is 10.3. The highest BCUT2D eigenvalue weighted by Gasteiger charge is 2.40. The van der Waals surface area contributed by atoms with Crippen LogP contribution in [-0.4, -0.2) is 28.1 Å². The molecule has 1 aromatic heterocycles. The van der Waals surface area contributed by atoms with Crippen molar-refractivity contribution in [3.8, 4) is 0 Å². The van der Waals surface area contributed by atoms with E-state index in [1.807, 2.05) is 0 Å². The largest absolute Gasteiger partial charge is 0.376 e. The Labute approximate surface area is 99.6 Å². The fourth-order valence-electron chi connectivity index (χ4n) is 2.27. The van der Waals surface area contributed by atoms with E-state index in [-0.39, 0.29) is 0 Å². The molecule has 4 nitrogen and oxygen atoms in total. The highest BCUT2D eigenvalue weighted by atomic mass is 32.1. The van der Waals surface area contributed by atoms with Crippen LogP contribution in [0, 0.1) is 5.92 Å². The molecule has 1 N–H and O–H groups in total. The molecular formula is C11H17N3OS. The number of nitrogens with zero attached hydrogens (tertiary/aromatic N) is 2. The number of nitrogens with one attached hydrogen (secondary N) is 1. The van der Waals surface area contributed by atoms with E-state index >= 15 is 0 Å². The predicted octanol–water partition coefficient (Wildman–Crippen LogP) is 2.08. The summed E-state index contributed by atoms with van der Waals surface area (Å²) in [6.07, 6.45) is 5.08. The number of ether oxygens (including phenoxy) is 1. The van der Waals surface area contributed by atoms with Gasteiger partial charge in [-0.05, 0) is 25.2 Å². The molecule has 0 bridgehead atoms. The molecule has 88 valence electrons. The number of aryl methyl sites for hydroxylation is 1. The Balaban J connectivity index is 1.64. The maximum Gasteiger partial charge on any atom is 0.202 e. The van der Waals surface area contributed by atoms with Crippen LogP contribution in [0.4, 0.5) is 5.13 Å². The molecular weight excluding hydrogens is 222 g/mol. The summed E-state index contributed by atoms with van der Waals surface area (Å²) in [6, 6.07) is 0.449. The van der Waals surface area contributed by atoms with Gasteiger partial charge in [-0.1, -0.05) is 6.92 Å². The standard InChI is InChI=1S/C11H17N3OS/c1-2-9-13-11(16-14-9)12-8-5-6-15-10(8)7-3-4-7/h7-8,10H,2-6H2,1H3,(H,12,13,14). The van der Waals surface area contributed by atoms with Crippen molar-refractivity contribution in [1.82, 2.24) is 9.36 Å². The third-order valence-corrected chi connectivity index (χ3v) is 4.00. The summed E-state index contributed by atoms with van der Waals surface area (Å²) in [4.78, 5) is 4.45. The molecule has 1 saturated carbocycles. The zero-order chi connectivity index (χ0) is 11.0. The zero-order valence-electron chi connectivity index (χ0n) is 9.48. The second-order valence-electron chi connectivity index (χ2n) is 4.58. The Morgan fingerprint density at radius 3 is 3.00 bits per heavy atom. The highest BCUT2D eigenvalue weighted by Crippen LogP contribution is 2.39. The molecule has 16 heavy (non-hydrogen) atoms. The Morgan fingerprint density at radius 1 is 1.44 bits per heavy atom. The van der Waals surface area contributed by atoms with E-state index in [2.05, 4.69) is 21.6 Å². The fraction of sp³-hybridized carbons (Fsp3) is 0.818. The van der Waals surface area contributed by atoms with Gasteiger partial charge in [-0.2, -0.15) is 4.37 Å². The minimum absolute atomic E-state index is 0.411. The molecule has 1 aliphatic heterocycles. The molecule has 0 radical (unpaired) electrons. The molecule has 2 fully saturated rings. The van der Waals surface area contributed by atoms with E-state index in [1.54, 1.807) is 0 Å². The Morgan fingerprint density at radius 2 is 2.31 bits per heavy atom. The van der Waals surface area contributed by atoms with Crippen molar-refractivity contribution >= 4 is 16.7 Å². The van der Waals surface area contributed by atoms with Crippen molar-refractivity contribution in [2.75, 3.05) is 11.9 Å². The van der Waals surface area contributed by atoms with Crippen LogP contribution < -0.4 is 5.32 Å². The SMILES string of the molecule is CCc1nsc(NC2CCOC2C2CC2)n1. The van der Waals surface area contributed by atoms with Crippen LogP contribution in [0.25, 0.3) is 0 Å².